The molecule has 0 bridgehead atoms. The molecule has 178 valence electrons. The van der Waals surface area contributed by atoms with Gasteiger partial charge in [0.1, 0.15) is 11.4 Å². The van der Waals surface area contributed by atoms with Crippen LogP contribution in [0.25, 0.3) is 0 Å². The van der Waals surface area contributed by atoms with E-state index in [0.29, 0.717) is 18.3 Å². The van der Waals surface area contributed by atoms with Crippen molar-refractivity contribution in [2.75, 3.05) is 6.61 Å². The van der Waals surface area contributed by atoms with E-state index in [4.69, 9.17) is 9.47 Å². The maximum Gasteiger partial charge on any atom is 0.426 e. The van der Waals surface area contributed by atoms with Crippen LogP contribution in [0.1, 0.15) is 66.9 Å². The Bertz CT molecular complexity index is 1040. The number of carbonyl (C=O) groups excluding carboxylic acids is 3. The van der Waals surface area contributed by atoms with Crippen LogP contribution < -0.4 is 15.6 Å². The fourth-order valence-electron chi connectivity index (χ4n) is 2.71. The molecule has 0 aliphatic carbocycles. The van der Waals surface area contributed by atoms with E-state index >= 15 is 0 Å². The summed E-state index contributed by atoms with van der Waals surface area (Å²) in [5, 5.41) is 0.917. The molecule has 0 atom stereocenters. The van der Waals surface area contributed by atoms with Gasteiger partial charge >= 0.3 is 6.09 Å². The Balaban J connectivity index is 2.44. The summed E-state index contributed by atoms with van der Waals surface area (Å²) in [6, 6.07) is 5.32. The zero-order chi connectivity index (χ0) is 24.6. The van der Waals surface area contributed by atoms with Gasteiger partial charge in [-0.25, -0.2) is 19.6 Å². The molecule has 2 N–H and O–H groups in total. The molecular weight excluding hydrogens is 433 g/mol. The predicted molar refractivity (Wildman–Crippen MR) is 118 cm³/mol. The highest BCUT2D eigenvalue weighted by Crippen LogP contribution is 2.17. The Morgan fingerprint density at radius 2 is 1.88 bits per heavy atom. The van der Waals surface area contributed by atoms with Gasteiger partial charge in [0.05, 0.1) is 18.7 Å². The maximum absolute atomic E-state index is 13.4. The topological polar surface area (TPSA) is 118 Å². The Hall–Kier alpha value is -3.69. The lowest BCUT2D eigenvalue weighted by molar-refractivity contribution is 0.0277. The second-order valence-corrected chi connectivity index (χ2v) is 8.23. The lowest BCUT2D eigenvalue weighted by Crippen LogP contribution is -2.48. The molecule has 0 unspecified atom stereocenters. The number of nitrogens with one attached hydrogen (secondary N) is 2. The number of hydrazine groups is 1. The van der Waals surface area contributed by atoms with Crippen molar-refractivity contribution in [3.05, 3.63) is 63.3 Å². The first-order chi connectivity index (χ1) is 15.6. The SMILES string of the molecule is CCCCOc1c(C(=O)N(Cc2ccc(F)cc2)NC(=O)OC(C)(C)C)[nH]cc(C=O)c1=O. The third kappa shape index (κ3) is 7.44. The van der Waals surface area contributed by atoms with Gasteiger partial charge in [-0.15, -0.1) is 0 Å². The fourth-order valence-corrected chi connectivity index (χ4v) is 2.71. The molecule has 33 heavy (non-hydrogen) atoms. The predicted octanol–water partition coefficient (Wildman–Crippen LogP) is 3.59. The highest BCUT2D eigenvalue weighted by atomic mass is 19.1. The number of benzene rings is 1. The first kappa shape index (κ1) is 25.6. The zero-order valence-electron chi connectivity index (χ0n) is 19.1. The molecule has 1 aromatic heterocycles. The molecule has 9 nitrogen and oxygen atoms in total. The van der Waals surface area contributed by atoms with Gasteiger partial charge in [0.15, 0.2) is 17.7 Å². The number of nitrogens with zero attached hydrogens (tertiary/aromatic N) is 1. The number of aromatic nitrogens is 1. The minimum atomic E-state index is -0.904. The van der Waals surface area contributed by atoms with Gasteiger partial charge in [-0.2, -0.15) is 0 Å². The molecule has 0 fully saturated rings. The maximum atomic E-state index is 13.4. The highest BCUT2D eigenvalue weighted by molar-refractivity contribution is 5.96. The van der Waals surface area contributed by atoms with Crippen molar-refractivity contribution in [1.82, 2.24) is 15.4 Å². The van der Waals surface area contributed by atoms with Gasteiger partial charge in [-0.3, -0.25) is 14.4 Å². The van der Waals surface area contributed by atoms with Crippen molar-refractivity contribution in [3.8, 4) is 5.75 Å². The lowest BCUT2D eigenvalue weighted by atomic mass is 10.2. The van der Waals surface area contributed by atoms with E-state index in [1.165, 1.54) is 24.3 Å². The van der Waals surface area contributed by atoms with E-state index < -0.39 is 28.8 Å². The van der Waals surface area contributed by atoms with E-state index in [1.807, 2.05) is 6.92 Å². The summed E-state index contributed by atoms with van der Waals surface area (Å²) < 4.78 is 24.1. The summed E-state index contributed by atoms with van der Waals surface area (Å²) in [5.41, 5.74) is 0.826. The van der Waals surface area contributed by atoms with Gasteiger partial charge in [0.2, 0.25) is 5.43 Å². The van der Waals surface area contributed by atoms with Crippen molar-refractivity contribution >= 4 is 18.3 Å². The summed E-state index contributed by atoms with van der Waals surface area (Å²) in [4.78, 5) is 52.2. The molecule has 2 amide bonds. The Labute approximate surface area is 190 Å². The van der Waals surface area contributed by atoms with Crippen molar-refractivity contribution in [2.45, 2.75) is 52.7 Å². The van der Waals surface area contributed by atoms with E-state index in [0.717, 1.165) is 17.6 Å². The Morgan fingerprint density at radius 3 is 2.45 bits per heavy atom. The summed E-state index contributed by atoms with van der Waals surface area (Å²) in [6.45, 7) is 6.90. The second-order valence-electron chi connectivity index (χ2n) is 8.23. The van der Waals surface area contributed by atoms with E-state index in [1.54, 1.807) is 20.8 Å². The van der Waals surface area contributed by atoms with Crippen LogP contribution in [0.4, 0.5) is 9.18 Å². The van der Waals surface area contributed by atoms with Gasteiger partial charge in [0.25, 0.3) is 5.91 Å². The molecule has 0 aliphatic rings. The zero-order valence-corrected chi connectivity index (χ0v) is 19.1. The van der Waals surface area contributed by atoms with Crippen LogP contribution in [0.3, 0.4) is 0 Å². The first-order valence-corrected chi connectivity index (χ1v) is 10.4. The molecule has 2 rings (SSSR count). The summed E-state index contributed by atoms with van der Waals surface area (Å²) >= 11 is 0. The van der Waals surface area contributed by atoms with Gasteiger partial charge in [0, 0.05) is 6.20 Å². The van der Waals surface area contributed by atoms with Crippen molar-refractivity contribution in [1.29, 1.82) is 0 Å². The smallest absolute Gasteiger partial charge is 0.426 e. The average Bonchev–Trinajstić information content (AvgIpc) is 2.74. The standard InChI is InChI=1S/C23H28FN3O6/c1-5-6-11-32-20-18(25-12-16(14-28)19(20)29)21(30)27(26-22(31)33-23(2,3)4)13-15-7-9-17(24)10-8-15/h7-10,12,14H,5-6,11,13H2,1-4H3,(H,25,29)(H,26,31). The number of rotatable bonds is 8. The summed E-state index contributed by atoms with van der Waals surface area (Å²) in [6.07, 6.45) is 1.95. The van der Waals surface area contributed by atoms with Crippen LogP contribution >= 0.6 is 0 Å². The molecule has 0 saturated heterocycles. The molecule has 0 spiro atoms. The van der Waals surface area contributed by atoms with Crippen LogP contribution in [0.15, 0.2) is 35.3 Å². The Morgan fingerprint density at radius 1 is 1.21 bits per heavy atom. The number of halogens is 1. The van der Waals surface area contributed by atoms with E-state index in [-0.39, 0.29) is 30.2 Å². The molecule has 1 heterocycles. The molecule has 0 radical (unpaired) electrons. The molecule has 2 aromatic rings. The highest BCUT2D eigenvalue weighted by Gasteiger charge is 2.27. The fraction of sp³-hybridized carbons (Fsp3) is 0.391. The molecule has 0 aliphatic heterocycles. The summed E-state index contributed by atoms with van der Waals surface area (Å²) in [7, 11) is 0. The number of pyridine rings is 1. The van der Waals surface area contributed by atoms with Gasteiger partial charge in [-0.05, 0) is 44.9 Å². The van der Waals surface area contributed by atoms with Crippen molar-refractivity contribution < 1.29 is 28.2 Å². The summed E-state index contributed by atoms with van der Waals surface area (Å²) in [5.74, 6) is -1.60. The number of aldehydes is 1. The number of carbonyl (C=O) groups is 3. The quantitative estimate of drug-likeness (QED) is 0.352. The van der Waals surface area contributed by atoms with Crippen LogP contribution in [0.5, 0.6) is 5.75 Å². The third-order valence-electron chi connectivity index (χ3n) is 4.28. The molecule has 10 heteroatoms. The molecular formula is C23H28FN3O6. The minimum absolute atomic E-state index is 0.152. The van der Waals surface area contributed by atoms with Crippen LogP contribution in [0.2, 0.25) is 0 Å². The van der Waals surface area contributed by atoms with Crippen LogP contribution in [0, 0.1) is 5.82 Å². The van der Waals surface area contributed by atoms with E-state index in [2.05, 4.69) is 10.4 Å². The van der Waals surface area contributed by atoms with Crippen molar-refractivity contribution in [3.63, 3.8) is 0 Å². The second kappa shape index (κ2) is 11.3. The van der Waals surface area contributed by atoms with Crippen LogP contribution in [-0.2, 0) is 11.3 Å². The Kier molecular flexibility index (Phi) is 8.72. The number of unbranched alkanes of at least 4 members (excludes halogenated alkanes) is 1. The third-order valence-corrected chi connectivity index (χ3v) is 4.28. The number of aromatic amines is 1. The van der Waals surface area contributed by atoms with E-state index in [9.17, 15) is 23.6 Å². The molecule has 0 saturated carbocycles. The number of ether oxygens (including phenoxy) is 2. The van der Waals surface area contributed by atoms with Gasteiger partial charge < -0.3 is 14.5 Å². The normalized spacial score (nSPS) is 10.9. The number of hydrogen-bond acceptors (Lipinski definition) is 6. The lowest BCUT2D eigenvalue weighted by Gasteiger charge is -2.26. The van der Waals surface area contributed by atoms with Crippen LogP contribution in [-0.4, -0.2) is 40.5 Å². The average molecular weight is 461 g/mol. The monoisotopic (exact) mass is 461 g/mol. The van der Waals surface area contributed by atoms with Gasteiger partial charge in [-0.1, -0.05) is 25.5 Å². The van der Waals surface area contributed by atoms with Crippen molar-refractivity contribution in [2.24, 2.45) is 0 Å². The number of H-pyrrole nitrogens is 1. The number of hydrogen-bond donors (Lipinski definition) is 2. The number of amides is 2. The minimum Gasteiger partial charge on any atom is -0.487 e. The first-order valence-electron chi connectivity index (χ1n) is 10.4. The largest absolute Gasteiger partial charge is 0.487 e. The molecule has 1 aromatic carbocycles.